The molecule has 1 heterocycles. The molecule has 2 N–H and O–H groups in total. The van der Waals surface area contributed by atoms with Crippen molar-refractivity contribution in [3.05, 3.63) is 46.9 Å². The lowest BCUT2D eigenvalue weighted by molar-refractivity contribution is 0.415. The molecule has 0 aliphatic heterocycles. The zero-order chi connectivity index (χ0) is 13.4. The Hall–Kier alpha value is -2.01. The molecular weight excluding hydrogens is 306 g/mol. The van der Waals surface area contributed by atoms with Crippen LogP contribution < -0.4 is 10.5 Å². The first-order valence-electron chi connectivity index (χ1n) is 5.77. The standard InChI is InChI=1S/C14H12BrN3O/c1-19-9-6-7-13-11(8-9)17-14(16)18(13)12-5-3-2-4-10(12)15/h2-8H,1H3,(H2,16,17). The first kappa shape index (κ1) is 12.0. The van der Waals surface area contributed by atoms with E-state index in [1.54, 1.807) is 7.11 Å². The highest BCUT2D eigenvalue weighted by molar-refractivity contribution is 9.10. The Balaban J connectivity index is 2.30. The Labute approximate surface area is 118 Å². The molecule has 0 amide bonds. The van der Waals surface area contributed by atoms with Gasteiger partial charge in [-0.1, -0.05) is 12.1 Å². The van der Waals surface area contributed by atoms with Crippen molar-refractivity contribution in [3.63, 3.8) is 0 Å². The van der Waals surface area contributed by atoms with Crippen LogP contribution in [-0.4, -0.2) is 16.7 Å². The van der Waals surface area contributed by atoms with Gasteiger partial charge < -0.3 is 10.5 Å². The lowest BCUT2D eigenvalue weighted by Gasteiger charge is -2.08. The molecule has 4 nitrogen and oxygen atoms in total. The van der Waals surface area contributed by atoms with Crippen LogP contribution in [0, 0.1) is 0 Å². The summed E-state index contributed by atoms with van der Waals surface area (Å²) in [4.78, 5) is 4.38. The number of hydrogen-bond acceptors (Lipinski definition) is 3. The molecule has 0 saturated heterocycles. The number of nitrogens with two attached hydrogens (primary N) is 1. The Kier molecular flexibility index (Phi) is 2.91. The number of anilines is 1. The minimum Gasteiger partial charge on any atom is -0.497 e. The maximum atomic E-state index is 6.04. The van der Waals surface area contributed by atoms with Gasteiger partial charge >= 0.3 is 0 Å². The van der Waals surface area contributed by atoms with E-state index in [9.17, 15) is 0 Å². The highest BCUT2D eigenvalue weighted by atomic mass is 79.9. The molecule has 0 aliphatic carbocycles. The summed E-state index contributed by atoms with van der Waals surface area (Å²) in [6, 6.07) is 13.6. The Bertz CT molecular complexity index is 752. The van der Waals surface area contributed by atoms with Gasteiger partial charge in [-0.25, -0.2) is 4.98 Å². The van der Waals surface area contributed by atoms with Gasteiger partial charge in [0.05, 0.1) is 23.8 Å². The third kappa shape index (κ3) is 1.96. The average molecular weight is 318 g/mol. The van der Waals surface area contributed by atoms with Crippen LogP contribution in [0.5, 0.6) is 5.75 Å². The van der Waals surface area contributed by atoms with Gasteiger partial charge in [0.1, 0.15) is 5.75 Å². The summed E-state index contributed by atoms with van der Waals surface area (Å²) in [6.45, 7) is 0. The summed E-state index contributed by atoms with van der Waals surface area (Å²) in [5.74, 6) is 1.22. The molecule has 2 aromatic carbocycles. The molecule has 0 spiro atoms. The number of halogens is 1. The van der Waals surface area contributed by atoms with Gasteiger partial charge in [-0.15, -0.1) is 0 Å². The lowest BCUT2D eigenvalue weighted by atomic mass is 10.2. The van der Waals surface area contributed by atoms with Gasteiger partial charge in [0.2, 0.25) is 5.95 Å². The van der Waals surface area contributed by atoms with Gasteiger partial charge in [0.25, 0.3) is 0 Å². The number of aromatic nitrogens is 2. The number of nitrogen functional groups attached to an aromatic ring is 1. The number of para-hydroxylation sites is 1. The van der Waals surface area contributed by atoms with Crippen LogP contribution in [0.1, 0.15) is 0 Å². The smallest absolute Gasteiger partial charge is 0.205 e. The van der Waals surface area contributed by atoms with Crippen molar-refractivity contribution in [3.8, 4) is 11.4 Å². The van der Waals surface area contributed by atoms with Crippen molar-refractivity contribution in [1.82, 2.24) is 9.55 Å². The first-order chi connectivity index (χ1) is 9.20. The fourth-order valence-electron chi connectivity index (χ4n) is 2.09. The molecule has 3 aromatic rings. The second-order valence-corrected chi connectivity index (χ2v) is 4.97. The number of benzene rings is 2. The van der Waals surface area contributed by atoms with E-state index in [0.717, 1.165) is 26.9 Å². The molecule has 0 unspecified atom stereocenters. The van der Waals surface area contributed by atoms with Crippen LogP contribution in [0.15, 0.2) is 46.9 Å². The maximum Gasteiger partial charge on any atom is 0.205 e. The molecule has 0 saturated carbocycles. The molecule has 19 heavy (non-hydrogen) atoms. The number of ether oxygens (including phenoxy) is 1. The van der Waals surface area contributed by atoms with Gasteiger partial charge in [-0.05, 0) is 40.2 Å². The molecule has 1 aromatic heterocycles. The molecule has 3 rings (SSSR count). The maximum absolute atomic E-state index is 6.04. The SMILES string of the molecule is COc1ccc2c(c1)nc(N)n2-c1ccccc1Br. The second kappa shape index (κ2) is 4.59. The van der Waals surface area contributed by atoms with Crippen molar-refractivity contribution in [2.24, 2.45) is 0 Å². The summed E-state index contributed by atoms with van der Waals surface area (Å²) >= 11 is 3.54. The molecule has 0 fully saturated rings. The van der Waals surface area contributed by atoms with E-state index >= 15 is 0 Å². The monoisotopic (exact) mass is 317 g/mol. The van der Waals surface area contributed by atoms with E-state index in [2.05, 4.69) is 20.9 Å². The summed E-state index contributed by atoms with van der Waals surface area (Å²) < 4.78 is 8.09. The van der Waals surface area contributed by atoms with E-state index in [0.29, 0.717) is 5.95 Å². The molecule has 0 atom stereocenters. The zero-order valence-corrected chi connectivity index (χ0v) is 11.9. The third-order valence-corrected chi connectivity index (χ3v) is 3.65. The van der Waals surface area contributed by atoms with Crippen molar-refractivity contribution in [2.75, 3.05) is 12.8 Å². The number of methoxy groups -OCH3 is 1. The number of imidazole rings is 1. The van der Waals surface area contributed by atoms with Gasteiger partial charge in [-0.2, -0.15) is 0 Å². The highest BCUT2D eigenvalue weighted by Gasteiger charge is 2.12. The van der Waals surface area contributed by atoms with Crippen LogP contribution >= 0.6 is 15.9 Å². The quantitative estimate of drug-likeness (QED) is 0.788. The summed E-state index contributed by atoms with van der Waals surface area (Å²) in [5.41, 5.74) is 8.76. The van der Waals surface area contributed by atoms with E-state index < -0.39 is 0 Å². The molecule has 96 valence electrons. The Morgan fingerprint density at radius 3 is 2.74 bits per heavy atom. The van der Waals surface area contributed by atoms with Crippen molar-refractivity contribution >= 4 is 32.9 Å². The Morgan fingerprint density at radius 1 is 1.21 bits per heavy atom. The highest BCUT2D eigenvalue weighted by Crippen LogP contribution is 2.29. The molecular formula is C14H12BrN3O. The van der Waals surface area contributed by atoms with Gasteiger partial charge in [0, 0.05) is 10.5 Å². The fourth-order valence-corrected chi connectivity index (χ4v) is 2.55. The van der Waals surface area contributed by atoms with Crippen molar-refractivity contribution in [1.29, 1.82) is 0 Å². The number of hydrogen-bond donors (Lipinski definition) is 1. The summed E-state index contributed by atoms with van der Waals surface area (Å²) in [7, 11) is 1.63. The lowest BCUT2D eigenvalue weighted by Crippen LogP contribution is -2.01. The van der Waals surface area contributed by atoms with E-state index in [1.807, 2.05) is 47.0 Å². The van der Waals surface area contributed by atoms with E-state index in [1.165, 1.54) is 0 Å². The average Bonchev–Trinajstić information content (AvgIpc) is 2.74. The van der Waals surface area contributed by atoms with E-state index in [-0.39, 0.29) is 0 Å². The minimum atomic E-state index is 0.454. The molecule has 0 bridgehead atoms. The normalized spacial score (nSPS) is 10.8. The Morgan fingerprint density at radius 2 is 2.00 bits per heavy atom. The molecule has 0 radical (unpaired) electrons. The van der Waals surface area contributed by atoms with Crippen molar-refractivity contribution < 1.29 is 4.74 Å². The molecule has 0 aliphatic rings. The number of nitrogens with zero attached hydrogens (tertiary/aromatic N) is 2. The summed E-state index contributed by atoms with van der Waals surface area (Å²) in [5, 5.41) is 0. The largest absolute Gasteiger partial charge is 0.497 e. The van der Waals surface area contributed by atoms with Crippen LogP contribution in [0.25, 0.3) is 16.7 Å². The fraction of sp³-hybridized carbons (Fsp3) is 0.0714. The molecule has 5 heteroatoms. The predicted octanol–water partition coefficient (Wildman–Crippen LogP) is 3.38. The minimum absolute atomic E-state index is 0.454. The topological polar surface area (TPSA) is 53.1 Å². The van der Waals surface area contributed by atoms with Gasteiger partial charge in [0.15, 0.2) is 0 Å². The van der Waals surface area contributed by atoms with E-state index in [4.69, 9.17) is 10.5 Å². The number of rotatable bonds is 2. The van der Waals surface area contributed by atoms with Gasteiger partial charge in [-0.3, -0.25) is 4.57 Å². The van der Waals surface area contributed by atoms with Crippen LogP contribution in [0.3, 0.4) is 0 Å². The van der Waals surface area contributed by atoms with Crippen molar-refractivity contribution in [2.45, 2.75) is 0 Å². The third-order valence-electron chi connectivity index (χ3n) is 2.98. The predicted molar refractivity (Wildman–Crippen MR) is 79.7 cm³/mol. The van der Waals surface area contributed by atoms with Crippen LogP contribution in [0.4, 0.5) is 5.95 Å². The second-order valence-electron chi connectivity index (χ2n) is 4.11. The van der Waals surface area contributed by atoms with Crippen LogP contribution in [-0.2, 0) is 0 Å². The number of fused-ring (bicyclic) bond motifs is 1. The van der Waals surface area contributed by atoms with Crippen LogP contribution in [0.2, 0.25) is 0 Å². The summed E-state index contributed by atoms with van der Waals surface area (Å²) in [6.07, 6.45) is 0. The first-order valence-corrected chi connectivity index (χ1v) is 6.57. The zero-order valence-electron chi connectivity index (χ0n) is 10.3.